The van der Waals surface area contributed by atoms with Crippen LogP contribution in [-0.4, -0.2) is 18.2 Å². The van der Waals surface area contributed by atoms with Crippen molar-refractivity contribution in [1.82, 2.24) is 0 Å². The van der Waals surface area contributed by atoms with Crippen LogP contribution < -0.4 is 10.6 Å². The van der Waals surface area contributed by atoms with Crippen LogP contribution in [0.2, 0.25) is 10.0 Å². The molecule has 4 nitrogen and oxygen atoms in total. The second-order valence-corrected chi connectivity index (χ2v) is 8.27. The molecule has 0 radical (unpaired) electrons. The first-order chi connectivity index (χ1) is 13.4. The fourth-order valence-electron chi connectivity index (χ4n) is 2.73. The summed E-state index contributed by atoms with van der Waals surface area (Å²) in [4.78, 5) is 13.5. The number of methoxy groups -OCH3 is 1. The summed E-state index contributed by atoms with van der Waals surface area (Å²) >= 11 is 18.9. The number of carbonyl (C=O) groups excluding carboxylic acids is 1. The highest BCUT2D eigenvalue weighted by molar-refractivity contribution is 7.80. The summed E-state index contributed by atoms with van der Waals surface area (Å²) in [5.74, 6) is -0.432. The summed E-state index contributed by atoms with van der Waals surface area (Å²) in [6.07, 6.45) is 0. The van der Waals surface area contributed by atoms with E-state index >= 15 is 0 Å². The molecule has 3 aromatic rings. The number of halogens is 2. The summed E-state index contributed by atoms with van der Waals surface area (Å²) in [7, 11) is 1.36. The van der Waals surface area contributed by atoms with Gasteiger partial charge in [0.2, 0.25) is 0 Å². The summed E-state index contributed by atoms with van der Waals surface area (Å²) in [6.45, 7) is 1.96. The molecule has 0 saturated heterocycles. The van der Waals surface area contributed by atoms with Gasteiger partial charge in [-0.1, -0.05) is 53.5 Å². The van der Waals surface area contributed by atoms with Gasteiger partial charge in [0.05, 0.1) is 17.8 Å². The van der Waals surface area contributed by atoms with E-state index in [1.165, 1.54) is 18.4 Å². The quantitative estimate of drug-likeness (QED) is 0.345. The van der Waals surface area contributed by atoms with E-state index in [-0.39, 0.29) is 0 Å². The molecule has 0 amide bonds. The van der Waals surface area contributed by atoms with Crippen molar-refractivity contribution in [2.24, 2.45) is 0 Å². The van der Waals surface area contributed by atoms with Gasteiger partial charge in [-0.15, -0.1) is 11.3 Å². The molecule has 0 aliphatic rings. The van der Waals surface area contributed by atoms with Gasteiger partial charge in [0.15, 0.2) is 5.11 Å². The zero-order valence-corrected chi connectivity index (χ0v) is 18.2. The third-order valence-corrected chi connectivity index (χ3v) is 5.72. The van der Waals surface area contributed by atoms with Gasteiger partial charge in [0.25, 0.3) is 0 Å². The number of carbonyl (C=O) groups is 1. The summed E-state index contributed by atoms with van der Waals surface area (Å²) < 4.78 is 5.01. The fourth-order valence-corrected chi connectivity index (χ4v) is 4.53. The van der Waals surface area contributed by atoms with Crippen molar-refractivity contribution in [3.8, 4) is 11.1 Å². The lowest BCUT2D eigenvalue weighted by Gasteiger charge is -2.12. The predicted octanol–water partition coefficient (Wildman–Crippen LogP) is 6.63. The van der Waals surface area contributed by atoms with Gasteiger partial charge in [0.1, 0.15) is 10.6 Å². The maximum Gasteiger partial charge on any atom is 0.341 e. The molecule has 0 bridgehead atoms. The first-order valence-electron chi connectivity index (χ1n) is 8.21. The molecule has 0 saturated carbocycles. The van der Waals surface area contributed by atoms with Crippen LogP contribution in [0.3, 0.4) is 0 Å². The molecule has 2 aromatic carbocycles. The minimum absolute atomic E-state index is 0.301. The van der Waals surface area contributed by atoms with Crippen molar-refractivity contribution < 1.29 is 9.53 Å². The molecule has 0 aliphatic carbocycles. The Balaban J connectivity index is 1.93. The molecule has 2 N–H and O–H groups in total. The fraction of sp³-hybridized carbons (Fsp3) is 0.100. The maximum atomic E-state index is 12.5. The van der Waals surface area contributed by atoms with Crippen LogP contribution in [-0.2, 0) is 4.74 Å². The Bertz CT molecular complexity index is 1040. The lowest BCUT2D eigenvalue weighted by Crippen LogP contribution is -2.20. The van der Waals surface area contributed by atoms with E-state index in [0.717, 1.165) is 16.0 Å². The van der Waals surface area contributed by atoms with Crippen LogP contribution in [0, 0.1) is 6.92 Å². The molecular weight excluding hydrogens is 435 g/mol. The monoisotopic (exact) mass is 450 g/mol. The number of hydrogen-bond donors (Lipinski definition) is 2. The first-order valence-corrected chi connectivity index (χ1v) is 10.2. The Hall–Kier alpha value is -2.12. The molecule has 3 rings (SSSR count). The van der Waals surface area contributed by atoms with Crippen molar-refractivity contribution >= 4 is 68.5 Å². The number of thiocarbonyl (C=S) groups is 1. The normalized spacial score (nSPS) is 10.4. The van der Waals surface area contributed by atoms with E-state index in [1.54, 1.807) is 18.2 Å². The number of anilines is 2. The van der Waals surface area contributed by atoms with Crippen LogP contribution in [0.4, 0.5) is 10.7 Å². The van der Waals surface area contributed by atoms with E-state index in [0.29, 0.717) is 31.4 Å². The van der Waals surface area contributed by atoms with E-state index in [9.17, 15) is 4.79 Å². The highest BCUT2D eigenvalue weighted by Crippen LogP contribution is 2.40. The number of aryl methyl sites for hydroxylation is 1. The van der Waals surface area contributed by atoms with E-state index < -0.39 is 5.97 Å². The molecule has 0 unspecified atom stereocenters. The standard InChI is InChI=1S/C20H16Cl2N2O2S2/c1-11-16(12-6-4-3-5-7-12)17(19(25)26-2)18(28-11)24-20(27)23-15-9-8-13(21)10-14(15)22/h3-10H,1-2H3,(H2,23,24,27). The SMILES string of the molecule is COC(=O)c1c(NC(=S)Nc2ccc(Cl)cc2Cl)sc(C)c1-c1ccccc1. The average molecular weight is 451 g/mol. The highest BCUT2D eigenvalue weighted by Gasteiger charge is 2.24. The maximum absolute atomic E-state index is 12.5. The van der Waals surface area contributed by atoms with Gasteiger partial charge in [-0.2, -0.15) is 0 Å². The molecule has 8 heteroatoms. The van der Waals surface area contributed by atoms with Gasteiger partial charge >= 0.3 is 5.97 Å². The summed E-state index contributed by atoms with van der Waals surface area (Å²) in [5.41, 5.74) is 2.82. The minimum Gasteiger partial charge on any atom is -0.465 e. The second kappa shape index (κ2) is 8.92. The summed E-state index contributed by atoms with van der Waals surface area (Å²) in [5, 5.41) is 7.99. The van der Waals surface area contributed by atoms with E-state index in [1.807, 2.05) is 37.3 Å². The van der Waals surface area contributed by atoms with Gasteiger partial charge in [-0.3, -0.25) is 0 Å². The number of nitrogens with one attached hydrogen (secondary N) is 2. The van der Waals surface area contributed by atoms with E-state index in [4.69, 9.17) is 40.2 Å². The molecule has 144 valence electrons. The van der Waals surface area contributed by atoms with Crippen molar-refractivity contribution in [3.05, 3.63) is 69.0 Å². The minimum atomic E-state index is -0.432. The Labute approximate surface area is 182 Å². The third kappa shape index (κ3) is 4.47. The Kier molecular flexibility index (Phi) is 6.57. The number of rotatable bonds is 4. The zero-order valence-electron chi connectivity index (χ0n) is 15.0. The van der Waals surface area contributed by atoms with Crippen LogP contribution in [0.15, 0.2) is 48.5 Å². The van der Waals surface area contributed by atoms with Crippen LogP contribution in [0.5, 0.6) is 0 Å². The molecule has 0 fully saturated rings. The summed E-state index contributed by atoms with van der Waals surface area (Å²) in [6, 6.07) is 14.7. The Morgan fingerprint density at radius 2 is 1.82 bits per heavy atom. The van der Waals surface area contributed by atoms with Crippen LogP contribution in [0.1, 0.15) is 15.2 Å². The first kappa shape index (κ1) is 20.6. The van der Waals surface area contributed by atoms with Gasteiger partial charge in [-0.25, -0.2) is 4.79 Å². The van der Waals surface area contributed by atoms with Gasteiger partial charge in [-0.05, 0) is 42.9 Å². The third-order valence-electron chi connectivity index (χ3n) is 3.94. The van der Waals surface area contributed by atoms with Crippen molar-refractivity contribution in [1.29, 1.82) is 0 Å². The predicted molar refractivity (Wildman–Crippen MR) is 122 cm³/mol. The second-order valence-electron chi connectivity index (χ2n) is 5.80. The molecule has 0 spiro atoms. The molecule has 0 aliphatic heterocycles. The number of benzene rings is 2. The van der Waals surface area contributed by atoms with Gasteiger partial charge < -0.3 is 15.4 Å². The molecule has 1 heterocycles. The molecular formula is C20H16Cl2N2O2S2. The number of hydrogen-bond acceptors (Lipinski definition) is 4. The highest BCUT2D eigenvalue weighted by atomic mass is 35.5. The molecule has 28 heavy (non-hydrogen) atoms. The Morgan fingerprint density at radius 1 is 1.11 bits per heavy atom. The Morgan fingerprint density at radius 3 is 2.46 bits per heavy atom. The number of ether oxygens (including phenoxy) is 1. The zero-order chi connectivity index (χ0) is 20.3. The van der Waals surface area contributed by atoms with Crippen molar-refractivity contribution in [2.75, 3.05) is 17.7 Å². The molecule has 0 atom stereocenters. The van der Waals surface area contributed by atoms with Crippen molar-refractivity contribution in [2.45, 2.75) is 6.92 Å². The smallest absolute Gasteiger partial charge is 0.341 e. The topological polar surface area (TPSA) is 50.4 Å². The van der Waals surface area contributed by atoms with Crippen LogP contribution in [0.25, 0.3) is 11.1 Å². The lowest BCUT2D eigenvalue weighted by molar-refractivity contribution is 0.0603. The number of esters is 1. The molecule has 1 aromatic heterocycles. The average Bonchev–Trinajstić information content (AvgIpc) is 2.99. The van der Waals surface area contributed by atoms with Crippen LogP contribution >= 0.6 is 46.8 Å². The number of thiophene rings is 1. The van der Waals surface area contributed by atoms with E-state index in [2.05, 4.69) is 10.6 Å². The van der Waals surface area contributed by atoms with Gasteiger partial charge in [0, 0.05) is 15.5 Å². The lowest BCUT2D eigenvalue weighted by atomic mass is 10.0. The van der Waals surface area contributed by atoms with Crippen molar-refractivity contribution in [3.63, 3.8) is 0 Å². The largest absolute Gasteiger partial charge is 0.465 e.